The Kier molecular flexibility index (Phi) is 5.92. The average Bonchev–Trinajstić information content (AvgIpc) is 3.71. The number of hydrogen-bond acceptors (Lipinski definition) is 6. The van der Waals surface area contributed by atoms with E-state index < -0.39 is 17.7 Å². The molecule has 3 heterocycles. The fraction of sp³-hybridized carbons (Fsp3) is 0.355. The van der Waals surface area contributed by atoms with Crippen LogP contribution in [0.2, 0.25) is 0 Å². The number of alkyl halides is 3. The van der Waals surface area contributed by atoms with Crippen molar-refractivity contribution in [1.29, 1.82) is 0 Å². The van der Waals surface area contributed by atoms with Gasteiger partial charge in [0, 0.05) is 41.2 Å². The summed E-state index contributed by atoms with van der Waals surface area (Å²) >= 11 is 0. The predicted molar refractivity (Wildman–Crippen MR) is 147 cm³/mol. The van der Waals surface area contributed by atoms with Crippen LogP contribution in [0.3, 0.4) is 0 Å². The number of aromatic carboxylic acids is 1. The lowest BCUT2D eigenvalue weighted by atomic mass is 9.60. The van der Waals surface area contributed by atoms with Crippen molar-refractivity contribution >= 4 is 28.6 Å². The number of hydrogen-bond donors (Lipinski definition) is 1. The zero-order chi connectivity index (χ0) is 28.4. The smallest absolute Gasteiger partial charge is 0.417 e. The lowest BCUT2D eigenvalue weighted by molar-refractivity contribution is -0.137. The Hall–Kier alpha value is -4.21. The normalized spacial score (nSPS) is 18.5. The minimum absolute atomic E-state index is 0.0594. The highest BCUT2D eigenvalue weighted by Gasteiger charge is 2.44. The first-order valence-electron chi connectivity index (χ1n) is 13.8. The molecule has 2 aliphatic carbocycles. The first kappa shape index (κ1) is 25.7. The number of carboxylic acids is 1. The fourth-order valence-corrected chi connectivity index (χ4v) is 6.36. The molecule has 1 saturated heterocycles. The van der Waals surface area contributed by atoms with Gasteiger partial charge in [0.2, 0.25) is 0 Å². The zero-order valence-electron chi connectivity index (χ0n) is 22.1. The highest BCUT2D eigenvalue weighted by Crippen LogP contribution is 2.54. The van der Waals surface area contributed by atoms with E-state index in [0.29, 0.717) is 16.8 Å². The van der Waals surface area contributed by atoms with Crippen molar-refractivity contribution in [3.05, 3.63) is 76.7 Å². The minimum atomic E-state index is -4.48. The van der Waals surface area contributed by atoms with Gasteiger partial charge in [0.05, 0.1) is 11.1 Å². The lowest BCUT2D eigenvalue weighted by Crippen LogP contribution is -2.44. The molecule has 3 fully saturated rings. The first-order valence-corrected chi connectivity index (χ1v) is 13.8. The molecule has 0 amide bonds. The number of benzene rings is 2. The fourth-order valence-electron chi connectivity index (χ4n) is 6.36. The lowest BCUT2D eigenvalue weighted by Gasteiger charge is -2.50. The minimum Gasteiger partial charge on any atom is -0.476 e. The van der Waals surface area contributed by atoms with Crippen LogP contribution in [-0.2, 0) is 6.18 Å². The predicted octanol–water partition coefficient (Wildman–Crippen LogP) is 7.34. The number of allylic oxidation sites excluding steroid dienone is 1. The number of carbonyl (C=O) groups is 1. The number of rotatable bonds is 5. The van der Waals surface area contributed by atoms with Crippen molar-refractivity contribution in [2.75, 3.05) is 18.0 Å². The molecule has 0 bridgehead atoms. The van der Waals surface area contributed by atoms with Gasteiger partial charge in [0.1, 0.15) is 11.5 Å². The maximum absolute atomic E-state index is 13.8. The maximum Gasteiger partial charge on any atom is 0.417 e. The highest BCUT2D eigenvalue weighted by molar-refractivity contribution is 5.91. The number of halogens is 3. The number of nitrogens with zero attached hydrogens (tertiary/aromatic N) is 4. The molecule has 2 aromatic heterocycles. The Morgan fingerprint density at radius 3 is 2.51 bits per heavy atom. The summed E-state index contributed by atoms with van der Waals surface area (Å²) in [6.07, 6.45) is 3.34. The van der Waals surface area contributed by atoms with Crippen molar-refractivity contribution in [3.8, 4) is 11.3 Å². The van der Waals surface area contributed by atoms with Crippen molar-refractivity contribution in [2.24, 2.45) is 5.41 Å². The van der Waals surface area contributed by atoms with E-state index >= 15 is 0 Å². The Bertz CT molecular complexity index is 1690. The number of anilines is 1. The molecule has 0 unspecified atom stereocenters. The van der Waals surface area contributed by atoms with Gasteiger partial charge in [0.25, 0.3) is 0 Å². The Morgan fingerprint density at radius 1 is 1.05 bits per heavy atom. The van der Waals surface area contributed by atoms with Gasteiger partial charge < -0.3 is 14.5 Å². The van der Waals surface area contributed by atoms with Gasteiger partial charge in [0.15, 0.2) is 5.69 Å². The molecule has 3 aliphatic rings. The van der Waals surface area contributed by atoms with Crippen LogP contribution in [0, 0.1) is 5.41 Å². The molecule has 210 valence electrons. The van der Waals surface area contributed by atoms with Crippen molar-refractivity contribution in [2.45, 2.75) is 50.6 Å². The van der Waals surface area contributed by atoms with Crippen LogP contribution >= 0.6 is 0 Å². The number of carboxylic acid groups (broad SMARTS) is 1. The molecule has 0 atom stereocenters. The van der Waals surface area contributed by atoms with Crippen LogP contribution in [0.25, 0.3) is 28.2 Å². The van der Waals surface area contributed by atoms with E-state index in [4.69, 9.17) is 9.63 Å². The van der Waals surface area contributed by atoms with Crippen molar-refractivity contribution in [3.63, 3.8) is 0 Å². The molecule has 41 heavy (non-hydrogen) atoms. The second kappa shape index (κ2) is 9.43. The van der Waals surface area contributed by atoms with E-state index in [0.717, 1.165) is 68.8 Å². The first-order chi connectivity index (χ1) is 19.7. The van der Waals surface area contributed by atoms with Crippen LogP contribution < -0.4 is 4.90 Å². The molecule has 7 rings (SSSR count). The van der Waals surface area contributed by atoms with Gasteiger partial charge in [-0.1, -0.05) is 35.0 Å². The monoisotopic (exact) mass is 560 g/mol. The van der Waals surface area contributed by atoms with Crippen LogP contribution in [0.1, 0.15) is 71.8 Å². The molecule has 1 spiro atoms. The third-order valence-electron chi connectivity index (χ3n) is 8.72. The third kappa shape index (κ3) is 4.75. The summed E-state index contributed by atoms with van der Waals surface area (Å²) in [5.74, 6) is -0.176. The maximum atomic E-state index is 13.8. The topological polar surface area (TPSA) is 92.3 Å². The molecule has 7 nitrogen and oxygen atoms in total. The van der Waals surface area contributed by atoms with E-state index in [1.165, 1.54) is 23.8 Å². The van der Waals surface area contributed by atoms with Gasteiger partial charge in [-0.2, -0.15) is 13.2 Å². The summed E-state index contributed by atoms with van der Waals surface area (Å²) < 4.78 is 47.0. The second-order valence-electron chi connectivity index (χ2n) is 11.5. The quantitative estimate of drug-likeness (QED) is 0.273. The summed E-state index contributed by atoms with van der Waals surface area (Å²) in [5, 5.41) is 21.9. The van der Waals surface area contributed by atoms with Crippen LogP contribution in [0.5, 0.6) is 0 Å². The van der Waals surface area contributed by atoms with Gasteiger partial charge in [-0.3, -0.25) is 0 Å². The zero-order valence-corrected chi connectivity index (χ0v) is 22.1. The summed E-state index contributed by atoms with van der Waals surface area (Å²) in [4.78, 5) is 13.5. The summed E-state index contributed by atoms with van der Waals surface area (Å²) in [6.45, 7) is 1.76. The Labute approximate surface area is 233 Å². The van der Waals surface area contributed by atoms with Gasteiger partial charge >= 0.3 is 12.1 Å². The van der Waals surface area contributed by atoms with E-state index in [-0.39, 0.29) is 28.3 Å². The standard InChI is InChI=1S/C31H27F3N4O3/c32-31(33,34)24-4-2-1-3-22(24)27-23(28(41-37-27)19-5-6-19)13-18-16-30(17-18)9-11-38(12-10-30)21-8-7-20-14-26(29(39)40)36-35-25(20)15-21/h1-4,7-8,13-15,19H,5-6,9-12,16-17H2,(H,39,40). The summed E-state index contributed by atoms with van der Waals surface area (Å²) in [5.41, 5.74) is 3.37. The molecular weight excluding hydrogens is 533 g/mol. The van der Waals surface area contributed by atoms with Crippen LogP contribution in [-0.4, -0.2) is 39.5 Å². The van der Waals surface area contributed by atoms with Crippen molar-refractivity contribution < 1.29 is 27.6 Å². The molecule has 4 aromatic rings. The summed E-state index contributed by atoms with van der Waals surface area (Å²) in [7, 11) is 0. The Balaban J connectivity index is 1.08. The van der Waals surface area contributed by atoms with E-state index in [9.17, 15) is 18.0 Å². The van der Waals surface area contributed by atoms with Crippen LogP contribution in [0.15, 0.2) is 58.6 Å². The SMILES string of the molecule is O=C(O)c1cc2ccc(N3CCC4(CC3)CC(=Cc3c(-c5ccccc5C(F)(F)F)noc3C3CC3)C4)cc2nn1. The van der Waals surface area contributed by atoms with Gasteiger partial charge in [-0.05, 0) is 74.3 Å². The average molecular weight is 561 g/mol. The molecular formula is C31H27F3N4O3. The highest BCUT2D eigenvalue weighted by atomic mass is 19.4. The van der Waals surface area contributed by atoms with Gasteiger partial charge in [-0.25, -0.2) is 4.79 Å². The number of fused-ring (bicyclic) bond motifs is 1. The molecule has 1 N–H and O–H groups in total. The number of aromatic nitrogens is 3. The largest absolute Gasteiger partial charge is 0.476 e. The molecule has 2 saturated carbocycles. The summed E-state index contributed by atoms with van der Waals surface area (Å²) in [6, 6.07) is 12.9. The van der Waals surface area contributed by atoms with E-state index in [1.807, 2.05) is 24.3 Å². The van der Waals surface area contributed by atoms with Crippen LogP contribution in [0.4, 0.5) is 18.9 Å². The molecule has 0 radical (unpaired) electrons. The third-order valence-corrected chi connectivity index (χ3v) is 8.72. The van der Waals surface area contributed by atoms with E-state index in [2.05, 4.69) is 20.3 Å². The number of piperidine rings is 1. The van der Waals surface area contributed by atoms with E-state index in [1.54, 1.807) is 6.07 Å². The Morgan fingerprint density at radius 2 is 1.80 bits per heavy atom. The van der Waals surface area contributed by atoms with Crippen molar-refractivity contribution in [1.82, 2.24) is 15.4 Å². The molecule has 10 heteroatoms. The molecule has 2 aromatic carbocycles. The second-order valence-corrected chi connectivity index (χ2v) is 11.5. The van der Waals surface area contributed by atoms with Gasteiger partial charge in [-0.15, -0.1) is 10.2 Å². The molecule has 1 aliphatic heterocycles.